The number of amides is 1. The monoisotopic (exact) mass is 317 g/mol. The first-order chi connectivity index (χ1) is 11.2. The number of benzene rings is 1. The highest BCUT2D eigenvalue weighted by Crippen LogP contribution is 2.28. The minimum absolute atomic E-state index is 0.0263. The molecule has 1 aliphatic rings. The highest BCUT2D eigenvalue weighted by atomic mass is 16.5. The average molecular weight is 317 g/mol. The SMILES string of the molecule is C=CC[C@H]1CN(C(=O)CCO)CC1C(=O)OCc1ccccc1. The molecule has 0 radical (unpaired) electrons. The number of aliphatic hydroxyl groups is 1. The second-order valence-electron chi connectivity index (χ2n) is 5.76. The Morgan fingerprint density at radius 3 is 2.70 bits per heavy atom. The third kappa shape index (κ3) is 4.66. The molecule has 1 aromatic carbocycles. The second-order valence-corrected chi connectivity index (χ2v) is 5.76. The smallest absolute Gasteiger partial charge is 0.311 e. The quantitative estimate of drug-likeness (QED) is 0.615. The number of ether oxygens (including phenoxy) is 1. The molecule has 5 heteroatoms. The maximum absolute atomic E-state index is 12.4. The summed E-state index contributed by atoms with van der Waals surface area (Å²) < 4.78 is 5.42. The first-order valence-electron chi connectivity index (χ1n) is 7.85. The molecule has 0 bridgehead atoms. The summed E-state index contributed by atoms with van der Waals surface area (Å²) in [5, 5.41) is 8.90. The van der Waals surface area contributed by atoms with Gasteiger partial charge in [-0.3, -0.25) is 9.59 Å². The van der Waals surface area contributed by atoms with Crippen LogP contribution in [0.15, 0.2) is 43.0 Å². The molecule has 1 fully saturated rings. The molecule has 23 heavy (non-hydrogen) atoms. The third-order valence-electron chi connectivity index (χ3n) is 4.12. The van der Waals surface area contributed by atoms with E-state index in [4.69, 9.17) is 9.84 Å². The van der Waals surface area contributed by atoms with Crippen LogP contribution in [0.1, 0.15) is 18.4 Å². The Hall–Kier alpha value is -2.14. The highest BCUT2D eigenvalue weighted by molar-refractivity contribution is 5.79. The Labute approximate surface area is 136 Å². The van der Waals surface area contributed by atoms with Crippen LogP contribution in [0.4, 0.5) is 0 Å². The van der Waals surface area contributed by atoms with Crippen LogP contribution in [-0.4, -0.2) is 41.6 Å². The van der Waals surface area contributed by atoms with E-state index in [1.54, 1.807) is 11.0 Å². The zero-order valence-electron chi connectivity index (χ0n) is 13.2. The van der Waals surface area contributed by atoms with Gasteiger partial charge in [0.05, 0.1) is 12.5 Å². The van der Waals surface area contributed by atoms with Crippen molar-refractivity contribution in [3.05, 3.63) is 48.6 Å². The van der Waals surface area contributed by atoms with Crippen molar-refractivity contribution in [2.75, 3.05) is 19.7 Å². The Morgan fingerprint density at radius 2 is 2.04 bits per heavy atom. The largest absolute Gasteiger partial charge is 0.461 e. The van der Waals surface area contributed by atoms with E-state index in [1.807, 2.05) is 30.3 Å². The summed E-state index contributed by atoms with van der Waals surface area (Å²) >= 11 is 0. The van der Waals surface area contributed by atoms with Crippen LogP contribution in [-0.2, 0) is 20.9 Å². The molecule has 2 rings (SSSR count). The van der Waals surface area contributed by atoms with Gasteiger partial charge in [0.1, 0.15) is 6.61 Å². The van der Waals surface area contributed by atoms with Gasteiger partial charge in [0.25, 0.3) is 0 Å². The number of hydrogen-bond acceptors (Lipinski definition) is 4. The van der Waals surface area contributed by atoms with Crippen LogP contribution in [0, 0.1) is 11.8 Å². The molecule has 1 unspecified atom stereocenters. The van der Waals surface area contributed by atoms with Gasteiger partial charge in [-0.2, -0.15) is 0 Å². The average Bonchev–Trinajstić information content (AvgIpc) is 2.98. The molecular formula is C18H23NO4. The second kappa shape index (κ2) is 8.48. The molecule has 1 aromatic rings. The molecular weight excluding hydrogens is 294 g/mol. The molecule has 1 aliphatic heterocycles. The maximum atomic E-state index is 12.4. The van der Waals surface area contributed by atoms with Crippen LogP contribution >= 0.6 is 0 Å². The van der Waals surface area contributed by atoms with E-state index in [-0.39, 0.29) is 43.3 Å². The van der Waals surface area contributed by atoms with Crippen molar-refractivity contribution < 1.29 is 19.4 Å². The summed E-state index contributed by atoms with van der Waals surface area (Å²) in [6.07, 6.45) is 2.52. The van der Waals surface area contributed by atoms with Crippen molar-refractivity contribution in [3.63, 3.8) is 0 Å². The Bertz CT molecular complexity index is 543. The van der Waals surface area contributed by atoms with Gasteiger partial charge >= 0.3 is 5.97 Å². The first kappa shape index (κ1) is 17.2. The van der Waals surface area contributed by atoms with Gasteiger partial charge < -0.3 is 14.7 Å². The van der Waals surface area contributed by atoms with Crippen LogP contribution < -0.4 is 0 Å². The van der Waals surface area contributed by atoms with Crippen molar-refractivity contribution >= 4 is 11.9 Å². The van der Waals surface area contributed by atoms with E-state index < -0.39 is 0 Å². The maximum Gasteiger partial charge on any atom is 0.311 e. The van der Waals surface area contributed by atoms with Gasteiger partial charge in [-0.15, -0.1) is 6.58 Å². The number of esters is 1. The van der Waals surface area contributed by atoms with Crippen LogP contribution in [0.25, 0.3) is 0 Å². The topological polar surface area (TPSA) is 66.8 Å². The van der Waals surface area contributed by atoms with E-state index in [0.717, 1.165) is 5.56 Å². The number of carbonyl (C=O) groups is 2. The molecule has 1 saturated heterocycles. The zero-order valence-corrected chi connectivity index (χ0v) is 13.2. The Kier molecular flexibility index (Phi) is 6.35. The summed E-state index contributed by atoms with van der Waals surface area (Å²) in [5.74, 6) is -0.710. The molecule has 1 heterocycles. The van der Waals surface area contributed by atoms with Crippen molar-refractivity contribution in [2.24, 2.45) is 11.8 Å². The number of nitrogens with zero attached hydrogens (tertiary/aromatic N) is 1. The fourth-order valence-corrected chi connectivity index (χ4v) is 2.88. The molecule has 5 nitrogen and oxygen atoms in total. The van der Waals surface area contributed by atoms with Gasteiger partial charge in [0.15, 0.2) is 0 Å². The van der Waals surface area contributed by atoms with E-state index in [2.05, 4.69) is 6.58 Å². The van der Waals surface area contributed by atoms with E-state index >= 15 is 0 Å². The summed E-state index contributed by atoms with van der Waals surface area (Å²) in [7, 11) is 0. The predicted molar refractivity (Wildman–Crippen MR) is 86.3 cm³/mol. The lowest BCUT2D eigenvalue weighted by Crippen LogP contribution is -2.30. The zero-order chi connectivity index (χ0) is 16.7. The van der Waals surface area contributed by atoms with Gasteiger partial charge in [-0.05, 0) is 17.9 Å². The first-order valence-corrected chi connectivity index (χ1v) is 7.85. The number of aliphatic hydroxyl groups excluding tert-OH is 1. The molecule has 124 valence electrons. The number of carbonyl (C=O) groups excluding carboxylic acids is 2. The lowest BCUT2D eigenvalue weighted by atomic mass is 9.93. The molecule has 2 atom stereocenters. The van der Waals surface area contributed by atoms with E-state index in [0.29, 0.717) is 19.5 Å². The summed E-state index contributed by atoms with van der Waals surface area (Å²) in [5.41, 5.74) is 0.937. The van der Waals surface area contributed by atoms with Crippen molar-refractivity contribution in [2.45, 2.75) is 19.4 Å². The van der Waals surface area contributed by atoms with Crippen LogP contribution in [0.5, 0.6) is 0 Å². The molecule has 1 N–H and O–H groups in total. The van der Waals surface area contributed by atoms with Crippen molar-refractivity contribution in [1.29, 1.82) is 0 Å². The molecule has 0 saturated carbocycles. The van der Waals surface area contributed by atoms with Crippen LogP contribution in [0.3, 0.4) is 0 Å². The summed E-state index contributed by atoms with van der Waals surface area (Å²) in [6, 6.07) is 9.51. The van der Waals surface area contributed by atoms with Gasteiger partial charge in [0.2, 0.25) is 5.91 Å². The number of rotatable bonds is 7. The van der Waals surface area contributed by atoms with E-state index in [1.165, 1.54) is 0 Å². The summed E-state index contributed by atoms with van der Waals surface area (Å²) in [6.45, 7) is 4.65. The molecule has 0 spiro atoms. The van der Waals surface area contributed by atoms with Gasteiger partial charge in [0, 0.05) is 19.5 Å². The molecule has 0 aliphatic carbocycles. The number of likely N-dealkylation sites (tertiary alicyclic amines) is 1. The lowest BCUT2D eigenvalue weighted by molar-refractivity contribution is -0.150. The normalized spacial score (nSPS) is 20.3. The van der Waals surface area contributed by atoms with E-state index in [9.17, 15) is 9.59 Å². The Balaban J connectivity index is 1.95. The fourth-order valence-electron chi connectivity index (χ4n) is 2.88. The van der Waals surface area contributed by atoms with Crippen LogP contribution in [0.2, 0.25) is 0 Å². The van der Waals surface area contributed by atoms with Crippen molar-refractivity contribution in [3.8, 4) is 0 Å². The fraction of sp³-hybridized carbons (Fsp3) is 0.444. The minimum Gasteiger partial charge on any atom is -0.461 e. The molecule has 0 aromatic heterocycles. The van der Waals surface area contributed by atoms with Gasteiger partial charge in [-0.25, -0.2) is 0 Å². The minimum atomic E-state index is -0.334. The van der Waals surface area contributed by atoms with Crippen molar-refractivity contribution in [1.82, 2.24) is 4.90 Å². The summed E-state index contributed by atoms with van der Waals surface area (Å²) in [4.78, 5) is 26.0. The van der Waals surface area contributed by atoms with Gasteiger partial charge in [-0.1, -0.05) is 36.4 Å². The number of hydrogen-bond donors (Lipinski definition) is 1. The number of allylic oxidation sites excluding steroid dienone is 1. The third-order valence-corrected chi connectivity index (χ3v) is 4.12. The predicted octanol–water partition coefficient (Wildman–Crippen LogP) is 1.76. The standard InChI is InChI=1S/C18H23NO4/c1-2-6-15-11-19(17(21)9-10-20)12-16(15)18(22)23-13-14-7-4-3-5-8-14/h2-5,7-8,15-16,20H,1,6,9-13H2/t15-,16?/m0/s1. The molecule has 1 amide bonds. The highest BCUT2D eigenvalue weighted by Gasteiger charge is 2.39. The lowest BCUT2D eigenvalue weighted by Gasteiger charge is -2.15. The Morgan fingerprint density at radius 1 is 1.30 bits per heavy atom.